The van der Waals surface area contributed by atoms with Crippen molar-refractivity contribution >= 4 is 5.97 Å². The van der Waals surface area contributed by atoms with Crippen molar-refractivity contribution in [1.29, 1.82) is 0 Å². The summed E-state index contributed by atoms with van der Waals surface area (Å²) in [6, 6.07) is 0. The van der Waals surface area contributed by atoms with Crippen molar-refractivity contribution in [3.8, 4) is 0 Å². The molecule has 3 nitrogen and oxygen atoms in total. The number of carboxylic acids is 1. The van der Waals surface area contributed by atoms with Gasteiger partial charge in [0.25, 0.3) is 0 Å². The van der Waals surface area contributed by atoms with Crippen LogP contribution in [0.5, 0.6) is 0 Å². The van der Waals surface area contributed by atoms with Crippen LogP contribution in [0.1, 0.15) is 46.0 Å². The first-order valence-corrected chi connectivity index (χ1v) is 4.42. The summed E-state index contributed by atoms with van der Waals surface area (Å²) >= 11 is 0. The van der Waals surface area contributed by atoms with Crippen LogP contribution in [0, 0.1) is 0 Å². The quantitative estimate of drug-likeness (QED) is 0.645. The van der Waals surface area contributed by atoms with Crippen LogP contribution >= 0.6 is 0 Å². The number of aliphatic carboxylic acids is 1. The van der Waals surface area contributed by atoms with Crippen molar-refractivity contribution in [2.45, 2.75) is 51.6 Å². The Balaban J connectivity index is 3.53. The molecule has 0 saturated heterocycles. The Morgan fingerprint density at radius 3 is 2.42 bits per heavy atom. The van der Waals surface area contributed by atoms with E-state index in [1.807, 2.05) is 6.92 Å². The molecule has 0 heterocycles. The van der Waals surface area contributed by atoms with Crippen LogP contribution < -0.4 is 0 Å². The van der Waals surface area contributed by atoms with Crippen LogP contribution in [0.2, 0.25) is 0 Å². The van der Waals surface area contributed by atoms with E-state index in [1.54, 1.807) is 6.92 Å². The molecule has 72 valence electrons. The Morgan fingerprint density at radius 1 is 1.42 bits per heavy atom. The average Bonchev–Trinajstić information content (AvgIpc) is 1.85. The molecule has 1 unspecified atom stereocenters. The van der Waals surface area contributed by atoms with Gasteiger partial charge in [-0.25, -0.2) is 0 Å². The third-order valence-electron chi connectivity index (χ3n) is 1.89. The van der Waals surface area contributed by atoms with Crippen LogP contribution in [0.3, 0.4) is 0 Å². The summed E-state index contributed by atoms with van der Waals surface area (Å²) in [6.45, 7) is 3.77. The highest BCUT2D eigenvalue weighted by atomic mass is 16.4. The van der Waals surface area contributed by atoms with Crippen LogP contribution in [0.25, 0.3) is 0 Å². The SMILES string of the molecule is CCCC(C)(O)CCCC(=O)O. The Morgan fingerprint density at radius 2 is 2.00 bits per heavy atom. The lowest BCUT2D eigenvalue weighted by atomic mass is 9.94. The van der Waals surface area contributed by atoms with Gasteiger partial charge in [-0.15, -0.1) is 0 Å². The minimum Gasteiger partial charge on any atom is -0.481 e. The molecule has 0 rings (SSSR count). The molecule has 0 aliphatic heterocycles. The highest BCUT2D eigenvalue weighted by Crippen LogP contribution is 2.19. The molecule has 3 heteroatoms. The fraction of sp³-hybridized carbons (Fsp3) is 0.889. The Labute approximate surface area is 73.4 Å². The maximum Gasteiger partial charge on any atom is 0.303 e. The zero-order valence-electron chi connectivity index (χ0n) is 7.84. The topological polar surface area (TPSA) is 57.5 Å². The van der Waals surface area contributed by atoms with E-state index in [9.17, 15) is 9.90 Å². The van der Waals surface area contributed by atoms with E-state index >= 15 is 0 Å². The zero-order valence-corrected chi connectivity index (χ0v) is 7.84. The van der Waals surface area contributed by atoms with Gasteiger partial charge in [0.15, 0.2) is 0 Å². The third kappa shape index (κ3) is 6.16. The van der Waals surface area contributed by atoms with Crippen molar-refractivity contribution in [2.24, 2.45) is 0 Å². The molecule has 1 atom stereocenters. The van der Waals surface area contributed by atoms with Crippen LogP contribution in [0.4, 0.5) is 0 Å². The van der Waals surface area contributed by atoms with E-state index in [2.05, 4.69) is 0 Å². The molecule has 0 aliphatic carbocycles. The molecular formula is C9H18O3. The lowest BCUT2D eigenvalue weighted by molar-refractivity contribution is -0.137. The van der Waals surface area contributed by atoms with Gasteiger partial charge in [-0.2, -0.15) is 0 Å². The molecule has 0 aliphatic rings. The number of hydrogen-bond donors (Lipinski definition) is 2. The maximum atomic E-state index is 10.2. The first kappa shape index (κ1) is 11.4. The number of aliphatic hydroxyl groups is 1. The fourth-order valence-corrected chi connectivity index (χ4v) is 1.28. The number of rotatable bonds is 6. The number of carboxylic acid groups (broad SMARTS) is 1. The molecular weight excluding hydrogens is 156 g/mol. The van der Waals surface area contributed by atoms with Gasteiger partial charge in [-0.1, -0.05) is 13.3 Å². The van der Waals surface area contributed by atoms with Gasteiger partial charge < -0.3 is 10.2 Å². The van der Waals surface area contributed by atoms with E-state index in [-0.39, 0.29) is 6.42 Å². The second-order valence-corrected chi connectivity index (χ2v) is 3.49. The van der Waals surface area contributed by atoms with Crippen molar-refractivity contribution in [2.75, 3.05) is 0 Å². The van der Waals surface area contributed by atoms with Gasteiger partial charge in [0.05, 0.1) is 5.60 Å². The molecule has 0 amide bonds. The molecule has 0 radical (unpaired) electrons. The van der Waals surface area contributed by atoms with Gasteiger partial charge in [-0.3, -0.25) is 4.79 Å². The fourth-order valence-electron chi connectivity index (χ4n) is 1.28. The van der Waals surface area contributed by atoms with Crippen molar-refractivity contribution in [1.82, 2.24) is 0 Å². The van der Waals surface area contributed by atoms with E-state index in [0.717, 1.165) is 12.8 Å². The molecule has 12 heavy (non-hydrogen) atoms. The van der Waals surface area contributed by atoms with Crippen molar-refractivity contribution < 1.29 is 15.0 Å². The van der Waals surface area contributed by atoms with Gasteiger partial charge >= 0.3 is 5.97 Å². The van der Waals surface area contributed by atoms with Crippen molar-refractivity contribution in [3.05, 3.63) is 0 Å². The lowest BCUT2D eigenvalue weighted by Crippen LogP contribution is -2.23. The minimum absolute atomic E-state index is 0.153. The lowest BCUT2D eigenvalue weighted by Gasteiger charge is -2.21. The third-order valence-corrected chi connectivity index (χ3v) is 1.89. The Bertz CT molecular complexity index is 141. The van der Waals surface area contributed by atoms with Gasteiger partial charge in [0.2, 0.25) is 0 Å². The van der Waals surface area contributed by atoms with E-state index in [4.69, 9.17) is 5.11 Å². The summed E-state index contributed by atoms with van der Waals surface area (Å²) in [4.78, 5) is 10.2. The monoisotopic (exact) mass is 174 g/mol. The summed E-state index contributed by atoms with van der Waals surface area (Å²) in [6.07, 6.45) is 2.96. The highest BCUT2D eigenvalue weighted by molar-refractivity contribution is 5.66. The summed E-state index contributed by atoms with van der Waals surface area (Å²) in [5.41, 5.74) is -0.676. The number of carbonyl (C=O) groups is 1. The smallest absolute Gasteiger partial charge is 0.303 e. The molecule has 0 aromatic heterocycles. The molecule has 0 aromatic carbocycles. The average molecular weight is 174 g/mol. The first-order valence-electron chi connectivity index (χ1n) is 4.42. The summed E-state index contributed by atoms with van der Waals surface area (Å²) in [5.74, 6) is -0.790. The molecule has 0 aromatic rings. The van der Waals surface area contributed by atoms with E-state index < -0.39 is 11.6 Å². The van der Waals surface area contributed by atoms with E-state index in [1.165, 1.54) is 0 Å². The number of hydrogen-bond acceptors (Lipinski definition) is 2. The Hall–Kier alpha value is -0.570. The molecule has 0 fully saturated rings. The van der Waals surface area contributed by atoms with Gasteiger partial charge in [-0.05, 0) is 26.2 Å². The van der Waals surface area contributed by atoms with Gasteiger partial charge in [0.1, 0.15) is 0 Å². The first-order chi connectivity index (χ1) is 5.48. The second kappa shape index (κ2) is 5.14. The molecule has 0 bridgehead atoms. The van der Waals surface area contributed by atoms with Crippen LogP contribution in [-0.2, 0) is 4.79 Å². The Kier molecular flexibility index (Phi) is 4.90. The van der Waals surface area contributed by atoms with Gasteiger partial charge in [0, 0.05) is 6.42 Å². The minimum atomic E-state index is -0.790. The maximum absolute atomic E-state index is 10.2. The van der Waals surface area contributed by atoms with Crippen LogP contribution in [-0.4, -0.2) is 21.8 Å². The van der Waals surface area contributed by atoms with Crippen LogP contribution in [0.15, 0.2) is 0 Å². The predicted octanol–water partition coefficient (Wildman–Crippen LogP) is 1.79. The highest BCUT2D eigenvalue weighted by Gasteiger charge is 2.18. The summed E-state index contributed by atoms with van der Waals surface area (Å²) in [7, 11) is 0. The summed E-state index contributed by atoms with van der Waals surface area (Å²) < 4.78 is 0. The van der Waals surface area contributed by atoms with Crippen molar-refractivity contribution in [3.63, 3.8) is 0 Å². The second-order valence-electron chi connectivity index (χ2n) is 3.49. The predicted molar refractivity (Wildman–Crippen MR) is 47.0 cm³/mol. The zero-order chi connectivity index (χ0) is 9.61. The molecule has 2 N–H and O–H groups in total. The molecule has 0 saturated carbocycles. The van der Waals surface area contributed by atoms with E-state index in [0.29, 0.717) is 12.8 Å². The molecule has 0 spiro atoms. The standard InChI is InChI=1S/C9H18O3/c1-3-6-9(2,12)7-4-5-8(10)11/h12H,3-7H2,1-2H3,(H,10,11). The normalized spacial score (nSPS) is 15.6. The largest absolute Gasteiger partial charge is 0.481 e. The summed E-state index contributed by atoms with van der Waals surface area (Å²) in [5, 5.41) is 18.0.